The number of aliphatic hydroxyl groups is 1. The first-order valence-electron chi connectivity index (χ1n) is 6.63. The van der Waals surface area contributed by atoms with Crippen LogP contribution >= 0.6 is 0 Å². The second-order valence-electron chi connectivity index (χ2n) is 5.89. The molecule has 3 rings (SSSR count). The molecular weight excluding hydrogens is 214 g/mol. The van der Waals surface area contributed by atoms with E-state index in [9.17, 15) is 5.11 Å². The Bertz CT molecular complexity index is 395. The average molecular weight is 235 g/mol. The number of hydrogen-bond acceptors (Lipinski definition) is 3. The maximum absolute atomic E-state index is 9.20. The molecule has 2 saturated carbocycles. The molecule has 0 aliphatic heterocycles. The fourth-order valence-corrected chi connectivity index (χ4v) is 2.43. The molecule has 2 aliphatic rings. The summed E-state index contributed by atoms with van der Waals surface area (Å²) >= 11 is 0. The van der Waals surface area contributed by atoms with E-state index in [4.69, 9.17) is 4.42 Å². The number of hydrogen-bond donors (Lipinski definition) is 2. The highest BCUT2D eigenvalue weighted by Gasteiger charge is 2.41. The molecule has 0 saturated heterocycles. The van der Waals surface area contributed by atoms with E-state index in [0.717, 1.165) is 43.4 Å². The molecule has 0 amide bonds. The Hall–Kier alpha value is -0.800. The van der Waals surface area contributed by atoms with Crippen molar-refractivity contribution in [3.05, 3.63) is 23.7 Å². The molecule has 0 bridgehead atoms. The van der Waals surface area contributed by atoms with E-state index in [2.05, 4.69) is 24.4 Å². The quantitative estimate of drug-likeness (QED) is 0.795. The minimum absolute atomic E-state index is 0.181. The summed E-state index contributed by atoms with van der Waals surface area (Å²) in [5.74, 6) is 3.63. The van der Waals surface area contributed by atoms with Gasteiger partial charge in [-0.1, -0.05) is 6.92 Å². The first kappa shape index (κ1) is 11.3. The summed E-state index contributed by atoms with van der Waals surface area (Å²) in [6.07, 6.45) is 3.58. The lowest BCUT2D eigenvalue weighted by Crippen LogP contribution is -2.25. The highest BCUT2D eigenvalue weighted by molar-refractivity contribution is 5.17. The molecule has 2 N–H and O–H groups in total. The molecule has 1 aromatic rings. The number of nitrogens with one attached hydrogen (secondary N) is 1. The van der Waals surface area contributed by atoms with Crippen LogP contribution < -0.4 is 5.32 Å². The Morgan fingerprint density at radius 2 is 2.24 bits per heavy atom. The van der Waals surface area contributed by atoms with Gasteiger partial charge in [-0.05, 0) is 37.3 Å². The Morgan fingerprint density at radius 1 is 1.47 bits per heavy atom. The molecule has 2 unspecified atom stereocenters. The molecule has 2 atom stereocenters. The fraction of sp³-hybridized carbons (Fsp3) is 0.714. The molecule has 3 nitrogen and oxygen atoms in total. The van der Waals surface area contributed by atoms with E-state index in [1.807, 2.05) is 0 Å². The van der Waals surface area contributed by atoms with Crippen LogP contribution in [0.4, 0.5) is 0 Å². The molecule has 94 valence electrons. The summed E-state index contributed by atoms with van der Waals surface area (Å²) in [4.78, 5) is 0. The highest BCUT2D eigenvalue weighted by atomic mass is 16.3. The van der Waals surface area contributed by atoms with Gasteiger partial charge in [0, 0.05) is 24.5 Å². The van der Waals surface area contributed by atoms with E-state index < -0.39 is 0 Å². The number of furan rings is 1. The van der Waals surface area contributed by atoms with Crippen molar-refractivity contribution in [1.82, 2.24) is 5.32 Å². The van der Waals surface area contributed by atoms with Crippen LogP contribution in [0.5, 0.6) is 0 Å². The topological polar surface area (TPSA) is 45.4 Å². The van der Waals surface area contributed by atoms with E-state index in [0.29, 0.717) is 12.5 Å². The zero-order chi connectivity index (χ0) is 11.9. The van der Waals surface area contributed by atoms with Crippen molar-refractivity contribution in [3.8, 4) is 0 Å². The predicted molar refractivity (Wildman–Crippen MR) is 65.7 cm³/mol. The summed E-state index contributed by atoms with van der Waals surface area (Å²) in [6, 6.07) is 4.19. The van der Waals surface area contributed by atoms with Gasteiger partial charge in [0.2, 0.25) is 0 Å². The molecular formula is C14H21NO2. The molecule has 0 spiro atoms. The third-order valence-corrected chi connectivity index (χ3v) is 4.25. The largest absolute Gasteiger partial charge is 0.464 e. The van der Waals surface area contributed by atoms with Gasteiger partial charge in [0.15, 0.2) is 0 Å². The Balaban J connectivity index is 1.47. The lowest BCUT2D eigenvalue weighted by Gasteiger charge is -2.11. The second kappa shape index (κ2) is 4.14. The number of aliphatic hydroxyl groups excluding tert-OH is 1. The summed E-state index contributed by atoms with van der Waals surface area (Å²) in [6.45, 7) is 4.26. The summed E-state index contributed by atoms with van der Waals surface area (Å²) < 4.78 is 5.82. The molecule has 2 fully saturated rings. The zero-order valence-electron chi connectivity index (χ0n) is 10.4. The predicted octanol–water partition coefficient (Wildman–Crippen LogP) is 2.27. The van der Waals surface area contributed by atoms with Crippen molar-refractivity contribution in [2.24, 2.45) is 11.3 Å². The van der Waals surface area contributed by atoms with Gasteiger partial charge < -0.3 is 14.8 Å². The third-order valence-electron chi connectivity index (χ3n) is 4.25. The van der Waals surface area contributed by atoms with Crippen molar-refractivity contribution < 1.29 is 9.52 Å². The van der Waals surface area contributed by atoms with E-state index in [1.54, 1.807) is 0 Å². The highest BCUT2D eigenvalue weighted by Crippen LogP contribution is 2.47. The van der Waals surface area contributed by atoms with Crippen molar-refractivity contribution in [2.75, 3.05) is 13.2 Å². The van der Waals surface area contributed by atoms with Crippen LogP contribution in [0, 0.1) is 11.3 Å². The average Bonchev–Trinajstić information content (AvgIpc) is 3.21. The van der Waals surface area contributed by atoms with E-state index in [-0.39, 0.29) is 5.41 Å². The second-order valence-corrected chi connectivity index (χ2v) is 5.89. The maximum atomic E-state index is 9.20. The summed E-state index contributed by atoms with van der Waals surface area (Å²) in [5.41, 5.74) is 0.181. The van der Waals surface area contributed by atoms with Gasteiger partial charge >= 0.3 is 0 Å². The van der Waals surface area contributed by atoms with Crippen molar-refractivity contribution in [2.45, 2.75) is 38.6 Å². The lowest BCUT2D eigenvalue weighted by atomic mass is 10.1. The molecule has 1 heterocycles. The van der Waals surface area contributed by atoms with Crippen LogP contribution in [0.3, 0.4) is 0 Å². The summed E-state index contributed by atoms with van der Waals surface area (Å²) in [7, 11) is 0. The maximum Gasteiger partial charge on any atom is 0.117 e. The Morgan fingerprint density at radius 3 is 2.82 bits per heavy atom. The SMILES string of the molecule is CC1CC1c1ccc(CNCC2(CO)CC2)o1. The van der Waals surface area contributed by atoms with E-state index in [1.165, 1.54) is 6.42 Å². The molecule has 3 heteroatoms. The Labute approximate surface area is 102 Å². The summed E-state index contributed by atoms with van der Waals surface area (Å²) in [5, 5.41) is 12.6. The molecule has 1 aromatic heterocycles. The van der Waals surface area contributed by atoms with Gasteiger partial charge in [-0.15, -0.1) is 0 Å². The minimum atomic E-state index is 0.181. The first-order chi connectivity index (χ1) is 8.22. The van der Waals surface area contributed by atoms with Gasteiger partial charge in [-0.3, -0.25) is 0 Å². The molecule has 0 radical (unpaired) electrons. The minimum Gasteiger partial charge on any atom is -0.464 e. The van der Waals surface area contributed by atoms with Crippen LogP contribution in [0.2, 0.25) is 0 Å². The van der Waals surface area contributed by atoms with Gasteiger partial charge in [-0.25, -0.2) is 0 Å². The van der Waals surface area contributed by atoms with Crippen LogP contribution in [0.15, 0.2) is 16.5 Å². The van der Waals surface area contributed by atoms with Crippen molar-refractivity contribution in [1.29, 1.82) is 0 Å². The van der Waals surface area contributed by atoms with Crippen molar-refractivity contribution in [3.63, 3.8) is 0 Å². The molecule has 0 aromatic carbocycles. The standard InChI is InChI=1S/C14H21NO2/c1-10-6-12(10)13-3-2-11(17-13)7-15-8-14(9-16)4-5-14/h2-3,10,12,15-16H,4-9H2,1H3. The lowest BCUT2D eigenvalue weighted by molar-refractivity contribution is 0.206. The van der Waals surface area contributed by atoms with Crippen LogP contribution in [-0.2, 0) is 6.54 Å². The smallest absolute Gasteiger partial charge is 0.117 e. The van der Waals surface area contributed by atoms with Gasteiger partial charge in [0.1, 0.15) is 11.5 Å². The van der Waals surface area contributed by atoms with Crippen LogP contribution in [-0.4, -0.2) is 18.3 Å². The monoisotopic (exact) mass is 235 g/mol. The first-order valence-corrected chi connectivity index (χ1v) is 6.63. The zero-order valence-corrected chi connectivity index (χ0v) is 10.4. The fourth-order valence-electron chi connectivity index (χ4n) is 2.43. The van der Waals surface area contributed by atoms with Crippen LogP contribution in [0.25, 0.3) is 0 Å². The third kappa shape index (κ3) is 2.40. The van der Waals surface area contributed by atoms with Crippen LogP contribution in [0.1, 0.15) is 43.6 Å². The molecule has 17 heavy (non-hydrogen) atoms. The van der Waals surface area contributed by atoms with E-state index >= 15 is 0 Å². The van der Waals surface area contributed by atoms with Gasteiger partial charge in [-0.2, -0.15) is 0 Å². The normalized spacial score (nSPS) is 29.3. The van der Waals surface area contributed by atoms with Gasteiger partial charge in [0.05, 0.1) is 6.54 Å². The van der Waals surface area contributed by atoms with Gasteiger partial charge in [0.25, 0.3) is 0 Å². The number of rotatable bonds is 6. The Kier molecular flexibility index (Phi) is 2.75. The van der Waals surface area contributed by atoms with Crippen molar-refractivity contribution >= 4 is 0 Å². The molecule has 2 aliphatic carbocycles.